The predicted molar refractivity (Wildman–Crippen MR) is 185 cm³/mol. The van der Waals surface area contributed by atoms with E-state index >= 15 is 0 Å². The number of benzene rings is 3. The van der Waals surface area contributed by atoms with E-state index in [4.69, 9.17) is 36.5 Å². The van der Waals surface area contributed by atoms with E-state index in [-0.39, 0.29) is 17.5 Å². The van der Waals surface area contributed by atoms with Gasteiger partial charge in [0.05, 0.1) is 38.3 Å². The Morgan fingerprint density at radius 1 is 0.957 bits per heavy atom. The molecule has 0 aliphatic carbocycles. The van der Waals surface area contributed by atoms with Crippen LogP contribution in [0.2, 0.25) is 0 Å². The Labute approximate surface area is 277 Å². The number of aromatic amines is 1. The van der Waals surface area contributed by atoms with E-state index in [1.165, 1.54) is 0 Å². The number of pyridine rings is 1. The minimum atomic E-state index is -0.868. The molecule has 0 saturated carbocycles. The topological polar surface area (TPSA) is 153 Å². The number of carbonyl (C=O) groups is 2. The number of amides is 2. The number of ether oxygens (including phenoxy) is 3. The van der Waals surface area contributed by atoms with Gasteiger partial charge in [0, 0.05) is 41.5 Å². The molecule has 2 heterocycles. The summed E-state index contributed by atoms with van der Waals surface area (Å²) in [4.78, 5) is 40.0. The lowest BCUT2D eigenvalue weighted by atomic mass is 10.0. The van der Waals surface area contributed by atoms with Crippen molar-refractivity contribution in [3.05, 3.63) is 84.1 Å². The summed E-state index contributed by atoms with van der Waals surface area (Å²) < 4.78 is 17.0. The third-order valence-corrected chi connectivity index (χ3v) is 7.99. The molecule has 0 aliphatic heterocycles. The van der Waals surface area contributed by atoms with Crippen molar-refractivity contribution in [2.45, 2.75) is 25.4 Å². The second-order valence-electron chi connectivity index (χ2n) is 10.7. The molecular formula is C35H37ClN6O5. The Kier molecular flexibility index (Phi) is 10.8. The molecule has 0 fully saturated rings. The number of nitrogens with two attached hydrogens (primary N) is 1. The van der Waals surface area contributed by atoms with Crippen LogP contribution < -0.4 is 30.6 Å². The van der Waals surface area contributed by atoms with Crippen LogP contribution in [-0.4, -0.2) is 67.4 Å². The van der Waals surface area contributed by atoms with Gasteiger partial charge in [-0.3, -0.25) is 14.6 Å². The highest BCUT2D eigenvalue weighted by molar-refractivity contribution is 6.28. The Hall–Kier alpha value is -5.29. The SMILES string of the molecule is COc1cc(OC)c(-c2nc(C(=O)N[C@@H](CCCN=C(N)CCl)C(=O)NCc3ccccc3)cc3c2[nH]c2ccccc23)c(OC)c1. The number of amidine groups is 1. The van der Waals surface area contributed by atoms with Gasteiger partial charge in [0.25, 0.3) is 5.91 Å². The number of hydrogen-bond acceptors (Lipinski definition) is 7. The van der Waals surface area contributed by atoms with E-state index in [1.54, 1.807) is 39.5 Å². The maximum absolute atomic E-state index is 14.0. The summed E-state index contributed by atoms with van der Waals surface area (Å²) in [6, 6.07) is 21.6. The van der Waals surface area contributed by atoms with Gasteiger partial charge >= 0.3 is 0 Å². The average Bonchev–Trinajstić information content (AvgIpc) is 3.49. The minimum Gasteiger partial charge on any atom is -0.496 e. The maximum atomic E-state index is 14.0. The van der Waals surface area contributed by atoms with Crippen LogP contribution in [0.5, 0.6) is 17.2 Å². The number of methoxy groups -OCH3 is 3. The normalized spacial score (nSPS) is 12.1. The molecular weight excluding hydrogens is 620 g/mol. The Morgan fingerprint density at radius 3 is 2.34 bits per heavy atom. The number of hydrogen-bond donors (Lipinski definition) is 4. The first kappa shape index (κ1) is 33.1. The van der Waals surface area contributed by atoms with E-state index in [0.29, 0.717) is 65.8 Å². The summed E-state index contributed by atoms with van der Waals surface area (Å²) in [5.74, 6) is 1.00. The van der Waals surface area contributed by atoms with Crippen molar-refractivity contribution in [1.29, 1.82) is 0 Å². The highest BCUT2D eigenvalue weighted by Crippen LogP contribution is 2.44. The molecule has 1 atom stereocenters. The molecule has 0 aliphatic rings. The lowest BCUT2D eigenvalue weighted by Gasteiger charge is -2.19. The first-order valence-corrected chi connectivity index (χ1v) is 15.6. The van der Waals surface area contributed by atoms with Gasteiger partial charge in [-0.1, -0.05) is 48.5 Å². The van der Waals surface area contributed by atoms with Crippen LogP contribution in [0.3, 0.4) is 0 Å². The van der Waals surface area contributed by atoms with Crippen LogP contribution in [0.15, 0.2) is 77.8 Å². The van der Waals surface area contributed by atoms with E-state index in [2.05, 4.69) is 20.6 Å². The number of nitrogens with one attached hydrogen (secondary N) is 3. The predicted octanol–water partition coefficient (Wildman–Crippen LogP) is 5.20. The first-order chi connectivity index (χ1) is 22.9. The van der Waals surface area contributed by atoms with E-state index in [1.807, 2.05) is 54.6 Å². The van der Waals surface area contributed by atoms with E-state index < -0.39 is 11.9 Å². The molecule has 0 unspecified atom stereocenters. The number of para-hydroxylation sites is 1. The number of alkyl halides is 1. The monoisotopic (exact) mass is 656 g/mol. The number of H-pyrrole nitrogens is 1. The second-order valence-corrected chi connectivity index (χ2v) is 11.0. The molecule has 0 bridgehead atoms. The Bertz CT molecular complexity index is 1880. The van der Waals surface area contributed by atoms with Crippen molar-refractivity contribution in [3.63, 3.8) is 0 Å². The zero-order chi connectivity index (χ0) is 33.3. The summed E-state index contributed by atoms with van der Waals surface area (Å²) >= 11 is 5.75. The number of carbonyl (C=O) groups excluding carboxylic acids is 2. The van der Waals surface area contributed by atoms with Gasteiger partial charge in [0.15, 0.2) is 0 Å². The van der Waals surface area contributed by atoms with Crippen LogP contribution in [0.4, 0.5) is 0 Å². The molecule has 2 amide bonds. The number of halogens is 1. The van der Waals surface area contributed by atoms with Crippen molar-refractivity contribution < 1.29 is 23.8 Å². The highest BCUT2D eigenvalue weighted by Gasteiger charge is 2.26. The van der Waals surface area contributed by atoms with Crippen LogP contribution in [0.25, 0.3) is 33.1 Å². The third kappa shape index (κ3) is 7.58. The minimum absolute atomic E-state index is 0.113. The number of aliphatic imine (C=N–C) groups is 1. The van der Waals surface area contributed by atoms with Crippen molar-refractivity contribution in [1.82, 2.24) is 20.6 Å². The fraction of sp³-hybridized carbons (Fsp3) is 0.257. The van der Waals surface area contributed by atoms with Crippen LogP contribution >= 0.6 is 11.6 Å². The van der Waals surface area contributed by atoms with E-state index in [9.17, 15) is 9.59 Å². The molecule has 12 heteroatoms. The van der Waals surface area contributed by atoms with Gasteiger partial charge < -0.3 is 35.6 Å². The number of fused-ring (bicyclic) bond motifs is 3. The van der Waals surface area contributed by atoms with Gasteiger partial charge in [0.1, 0.15) is 40.5 Å². The zero-order valence-electron chi connectivity index (χ0n) is 26.4. The molecule has 2 aromatic heterocycles. The lowest BCUT2D eigenvalue weighted by molar-refractivity contribution is -0.123. The van der Waals surface area contributed by atoms with Crippen LogP contribution in [0, 0.1) is 0 Å². The molecule has 5 N–H and O–H groups in total. The molecule has 0 spiro atoms. The Balaban J connectivity index is 1.54. The number of rotatable bonds is 14. The highest BCUT2D eigenvalue weighted by atomic mass is 35.5. The first-order valence-electron chi connectivity index (χ1n) is 15.1. The largest absolute Gasteiger partial charge is 0.496 e. The van der Waals surface area contributed by atoms with Gasteiger partial charge in [0.2, 0.25) is 5.91 Å². The van der Waals surface area contributed by atoms with Crippen molar-refractivity contribution >= 4 is 51.1 Å². The molecule has 3 aromatic carbocycles. The third-order valence-electron chi connectivity index (χ3n) is 7.71. The maximum Gasteiger partial charge on any atom is 0.270 e. The average molecular weight is 657 g/mol. The van der Waals surface area contributed by atoms with Gasteiger partial charge in [-0.2, -0.15) is 0 Å². The summed E-state index contributed by atoms with van der Waals surface area (Å²) in [5, 5.41) is 7.53. The molecule has 0 radical (unpaired) electrons. The quantitative estimate of drug-likeness (QED) is 0.0555. The summed E-state index contributed by atoms with van der Waals surface area (Å²) in [7, 11) is 4.64. The van der Waals surface area contributed by atoms with Gasteiger partial charge in [-0.15, -0.1) is 11.6 Å². The smallest absolute Gasteiger partial charge is 0.270 e. The summed E-state index contributed by atoms with van der Waals surface area (Å²) in [6.45, 7) is 0.668. The molecule has 47 heavy (non-hydrogen) atoms. The number of aromatic nitrogens is 2. The van der Waals surface area contributed by atoms with Gasteiger partial charge in [-0.25, -0.2) is 4.98 Å². The zero-order valence-corrected chi connectivity index (χ0v) is 27.2. The van der Waals surface area contributed by atoms with Crippen molar-refractivity contribution in [2.24, 2.45) is 10.7 Å². The van der Waals surface area contributed by atoms with Crippen molar-refractivity contribution in [2.75, 3.05) is 33.8 Å². The molecule has 0 saturated heterocycles. The summed E-state index contributed by atoms with van der Waals surface area (Å²) in [5.41, 5.74) is 9.33. The summed E-state index contributed by atoms with van der Waals surface area (Å²) in [6.07, 6.45) is 0.801. The van der Waals surface area contributed by atoms with Gasteiger partial charge in [-0.05, 0) is 30.5 Å². The molecule has 11 nitrogen and oxygen atoms in total. The van der Waals surface area contributed by atoms with Crippen molar-refractivity contribution in [3.8, 4) is 28.5 Å². The van der Waals surface area contributed by atoms with Crippen LogP contribution in [-0.2, 0) is 11.3 Å². The molecule has 5 aromatic rings. The molecule has 244 valence electrons. The Morgan fingerprint density at radius 2 is 1.66 bits per heavy atom. The van der Waals surface area contributed by atoms with Crippen LogP contribution in [0.1, 0.15) is 28.9 Å². The fourth-order valence-electron chi connectivity index (χ4n) is 5.35. The standard InChI is InChI=1S/C35H37ClN6O5/c1-45-22-16-28(46-2)31(29(17-22)47-3)33-32-24(23-12-7-8-13-25(23)40-32)18-27(41-33)35(44)42-26(14-9-15-38-30(37)19-36)34(43)39-20-21-10-5-4-6-11-21/h4-8,10-13,16-18,26,40H,9,14-15,19-20H2,1-3H3,(H2,37,38)(H,39,43)(H,42,44)/t26-/m0/s1. The van der Waals surface area contributed by atoms with E-state index in [0.717, 1.165) is 21.9 Å². The molecule has 5 rings (SSSR count). The second kappa shape index (κ2) is 15.3. The fourth-order valence-corrected chi connectivity index (χ4v) is 5.44. The lowest BCUT2D eigenvalue weighted by Crippen LogP contribution is -2.46. The number of nitrogens with zero attached hydrogens (tertiary/aromatic N) is 2.